The Labute approximate surface area is 91.7 Å². The van der Waals surface area contributed by atoms with Gasteiger partial charge in [-0.05, 0) is 20.3 Å². The average Bonchev–Trinajstić information content (AvgIpc) is 2.25. The molecule has 0 rings (SSSR count). The van der Waals surface area contributed by atoms with Gasteiger partial charge in [0.1, 0.15) is 6.54 Å². The molecule has 1 amide bonds. The monoisotopic (exact) mass is 214 g/mol. The zero-order valence-electron chi connectivity index (χ0n) is 9.92. The Morgan fingerprint density at radius 1 is 1.33 bits per heavy atom. The van der Waals surface area contributed by atoms with Gasteiger partial charge >= 0.3 is 0 Å². The smallest absolute Gasteiger partial charge is 0.241 e. The van der Waals surface area contributed by atoms with Gasteiger partial charge in [-0.2, -0.15) is 0 Å². The van der Waals surface area contributed by atoms with Crippen molar-refractivity contribution in [2.75, 3.05) is 26.2 Å². The predicted octanol–water partition coefficient (Wildman–Crippen LogP) is 0.169. The molecular weight excluding hydrogens is 192 g/mol. The molecule has 15 heavy (non-hydrogen) atoms. The second-order valence-corrected chi connectivity index (χ2v) is 3.20. The summed E-state index contributed by atoms with van der Waals surface area (Å²) in [6, 6.07) is 0. The lowest BCUT2D eigenvalue weighted by molar-refractivity contribution is -0.119. The minimum Gasteiger partial charge on any atom is -0.370 e. The fourth-order valence-electron chi connectivity index (χ4n) is 1.12. The zero-order valence-corrected chi connectivity index (χ0v) is 9.92. The van der Waals surface area contributed by atoms with Crippen LogP contribution in [0.5, 0.6) is 0 Å². The average molecular weight is 214 g/mol. The largest absolute Gasteiger partial charge is 0.370 e. The lowest BCUT2D eigenvalue weighted by atomic mass is 10.4. The molecule has 0 fully saturated rings. The minimum absolute atomic E-state index is 0.0769. The number of hydrogen-bond acceptors (Lipinski definition) is 2. The predicted molar refractivity (Wildman–Crippen MR) is 62.7 cm³/mol. The first-order valence-electron chi connectivity index (χ1n) is 5.47. The van der Waals surface area contributed by atoms with Gasteiger partial charge in [0.25, 0.3) is 0 Å². The molecule has 0 aromatic rings. The van der Waals surface area contributed by atoms with E-state index in [-0.39, 0.29) is 12.5 Å². The van der Waals surface area contributed by atoms with Gasteiger partial charge < -0.3 is 16.0 Å². The van der Waals surface area contributed by atoms with Gasteiger partial charge in [0, 0.05) is 19.6 Å². The van der Waals surface area contributed by atoms with Crippen molar-refractivity contribution < 1.29 is 4.79 Å². The fraction of sp³-hybridized carbons (Fsp3) is 0.800. The number of aliphatic imine (C=N–C) groups is 1. The standard InChI is InChI=1S/C10H22N4O/c1-4-7-12-9(15)8-13-10(11)14(5-2)6-3/h4-8H2,1-3H3,(H2,11,13)(H,12,15). The van der Waals surface area contributed by atoms with Gasteiger partial charge in [-0.3, -0.25) is 4.79 Å². The Bertz CT molecular complexity index is 211. The third-order valence-electron chi connectivity index (χ3n) is 2.04. The number of nitrogens with two attached hydrogens (primary N) is 1. The van der Waals surface area contributed by atoms with Crippen LogP contribution in [0.15, 0.2) is 4.99 Å². The van der Waals surface area contributed by atoms with Crippen molar-refractivity contribution >= 4 is 11.9 Å². The third kappa shape index (κ3) is 5.93. The lowest BCUT2D eigenvalue weighted by Gasteiger charge is -2.19. The van der Waals surface area contributed by atoms with Crippen LogP contribution in [0.1, 0.15) is 27.2 Å². The molecule has 0 atom stereocenters. The molecule has 0 radical (unpaired) electrons. The van der Waals surface area contributed by atoms with Crippen molar-refractivity contribution in [1.82, 2.24) is 10.2 Å². The number of hydrogen-bond donors (Lipinski definition) is 2. The quantitative estimate of drug-likeness (QED) is 0.489. The SMILES string of the molecule is CCCNC(=O)CN=C(N)N(CC)CC. The van der Waals surface area contributed by atoms with Crippen molar-refractivity contribution in [1.29, 1.82) is 0 Å². The summed E-state index contributed by atoms with van der Waals surface area (Å²) < 4.78 is 0. The minimum atomic E-state index is -0.0769. The number of guanidine groups is 1. The molecule has 0 aromatic carbocycles. The summed E-state index contributed by atoms with van der Waals surface area (Å²) in [4.78, 5) is 17.2. The van der Waals surface area contributed by atoms with Crippen LogP contribution in [0.25, 0.3) is 0 Å². The molecule has 0 aliphatic heterocycles. The molecule has 0 heterocycles. The van der Waals surface area contributed by atoms with E-state index in [0.717, 1.165) is 19.5 Å². The highest BCUT2D eigenvalue weighted by Crippen LogP contribution is 1.86. The van der Waals surface area contributed by atoms with Crippen molar-refractivity contribution in [2.45, 2.75) is 27.2 Å². The van der Waals surface area contributed by atoms with Crippen LogP contribution in [-0.2, 0) is 4.79 Å². The molecule has 0 spiro atoms. The number of amides is 1. The summed E-state index contributed by atoms with van der Waals surface area (Å²) in [5.41, 5.74) is 5.71. The van der Waals surface area contributed by atoms with Gasteiger partial charge in [-0.15, -0.1) is 0 Å². The molecule has 0 aliphatic carbocycles. The van der Waals surface area contributed by atoms with E-state index in [4.69, 9.17) is 5.73 Å². The Balaban J connectivity index is 3.97. The summed E-state index contributed by atoms with van der Waals surface area (Å²) in [5.74, 6) is 0.360. The van der Waals surface area contributed by atoms with E-state index in [9.17, 15) is 4.79 Å². The zero-order chi connectivity index (χ0) is 11.7. The Kier molecular flexibility index (Phi) is 7.40. The van der Waals surface area contributed by atoms with Crippen LogP contribution >= 0.6 is 0 Å². The molecule has 0 bridgehead atoms. The van der Waals surface area contributed by atoms with E-state index < -0.39 is 0 Å². The van der Waals surface area contributed by atoms with Crippen LogP contribution in [0.4, 0.5) is 0 Å². The summed E-state index contributed by atoms with van der Waals surface area (Å²) in [6.07, 6.45) is 0.932. The maximum absolute atomic E-state index is 11.2. The number of nitrogens with zero attached hydrogens (tertiary/aromatic N) is 2. The van der Waals surface area contributed by atoms with Gasteiger partial charge in [0.15, 0.2) is 5.96 Å². The highest BCUT2D eigenvalue weighted by Gasteiger charge is 2.03. The van der Waals surface area contributed by atoms with Crippen LogP contribution in [0.3, 0.4) is 0 Å². The Morgan fingerprint density at radius 3 is 2.40 bits per heavy atom. The lowest BCUT2D eigenvalue weighted by Crippen LogP contribution is -2.38. The molecule has 0 aliphatic rings. The maximum atomic E-state index is 11.2. The molecule has 88 valence electrons. The van der Waals surface area contributed by atoms with E-state index in [0.29, 0.717) is 12.5 Å². The Hall–Kier alpha value is -1.26. The number of nitrogens with one attached hydrogen (secondary N) is 1. The highest BCUT2D eigenvalue weighted by molar-refractivity contribution is 5.83. The first-order valence-corrected chi connectivity index (χ1v) is 5.47. The molecule has 0 aromatic heterocycles. The normalized spacial score (nSPS) is 11.3. The number of carbonyl (C=O) groups is 1. The van der Waals surface area contributed by atoms with Gasteiger partial charge in [0.05, 0.1) is 0 Å². The highest BCUT2D eigenvalue weighted by atomic mass is 16.1. The van der Waals surface area contributed by atoms with Gasteiger partial charge in [-0.1, -0.05) is 6.92 Å². The second-order valence-electron chi connectivity index (χ2n) is 3.20. The van der Waals surface area contributed by atoms with E-state index in [1.165, 1.54) is 0 Å². The molecule has 3 N–H and O–H groups in total. The molecule has 5 nitrogen and oxygen atoms in total. The van der Waals surface area contributed by atoms with Crippen molar-refractivity contribution in [3.8, 4) is 0 Å². The van der Waals surface area contributed by atoms with E-state index in [1.807, 2.05) is 25.7 Å². The van der Waals surface area contributed by atoms with Gasteiger partial charge in [0.2, 0.25) is 5.91 Å². The van der Waals surface area contributed by atoms with Gasteiger partial charge in [-0.25, -0.2) is 4.99 Å². The summed E-state index contributed by atoms with van der Waals surface area (Å²) in [5, 5.41) is 2.74. The third-order valence-corrected chi connectivity index (χ3v) is 2.04. The van der Waals surface area contributed by atoms with E-state index >= 15 is 0 Å². The first-order chi connectivity index (χ1) is 7.15. The van der Waals surface area contributed by atoms with Crippen LogP contribution in [0, 0.1) is 0 Å². The molecule has 0 saturated heterocycles. The molecule has 0 unspecified atom stereocenters. The van der Waals surface area contributed by atoms with Crippen molar-refractivity contribution in [3.05, 3.63) is 0 Å². The van der Waals surface area contributed by atoms with E-state index in [2.05, 4.69) is 10.3 Å². The van der Waals surface area contributed by atoms with Crippen LogP contribution in [0.2, 0.25) is 0 Å². The first kappa shape index (κ1) is 13.7. The topological polar surface area (TPSA) is 70.7 Å². The summed E-state index contributed by atoms with van der Waals surface area (Å²) in [7, 11) is 0. The molecular formula is C10H22N4O. The second kappa shape index (κ2) is 8.08. The molecule has 0 saturated carbocycles. The van der Waals surface area contributed by atoms with Crippen LogP contribution < -0.4 is 11.1 Å². The van der Waals surface area contributed by atoms with Crippen molar-refractivity contribution in [3.63, 3.8) is 0 Å². The number of rotatable bonds is 6. The summed E-state index contributed by atoms with van der Waals surface area (Å²) in [6.45, 7) is 8.44. The van der Waals surface area contributed by atoms with Crippen molar-refractivity contribution in [2.24, 2.45) is 10.7 Å². The molecule has 5 heteroatoms. The summed E-state index contributed by atoms with van der Waals surface area (Å²) >= 11 is 0. The fourth-order valence-corrected chi connectivity index (χ4v) is 1.12. The maximum Gasteiger partial charge on any atom is 0.241 e. The van der Waals surface area contributed by atoms with Crippen LogP contribution in [-0.4, -0.2) is 42.9 Å². The number of carbonyl (C=O) groups excluding carboxylic acids is 1. The Morgan fingerprint density at radius 2 is 1.93 bits per heavy atom. The van der Waals surface area contributed by atoms with E-state index in [1.54, 1.807) is 0 Å².